The van der Waals surface area contributed by atoms with Crippen LogP contribution >= 0.6 is 0 Å². The molecule has 2 bridgehead atoms. The molecule has 2 aliphatic carbocycles. The summed E-state index contributed by atoms with van der Waals surface area (Å²) in [6, 6.07) is 0. The number of halogens is 6. The summed E-state index contributed by atoms with van der Waals surface area (Å²) in [5.41, 5.74) is -9.17. The van der Waals surface area contributed by atoms with Crippen molar-refractivity contribution in [2.45, 2.75) is 35.9 Å². The molecule has 0 aromatic carbocycles. The lowest BCUT2D eigenvalue weighted by Crippen LogP contribution is -2.62. The van der Waals surface area contributed by atoms with Crippen LogP contribution in [0.3, 0.4) is 0 Å². The van der Waals surface area contributed by atoms with E-state index in [2.05, 4.69) is 13.5 Å². The molecule has 0 radical (unpaired) electrons. The lowest BCUT2D eigenvalue weighted by Gasteiger charge is -2.39. The molecule has 174 valence electrons. The number of primary amides is 1. The summed E-state index contributed by atoms with van der Waals surface area (Å²) in [6.07, 6.45) is -0.143. The van der Waals surface area contributed by atoms with Crippen LogP contribution in [0.5, 0.6) is 0 Å². The van der Waals surface area contributed by atoms with Crippen LogP contribution < -0.4 is 11.2 Å². The van der Waals surface area contributed by atoms with E-state index >= 15 is 0 Å². The second-order valence-corrected chi connectivity index (χ2v) is 9.45. The van der Waals surface area contributed by atoms with E-state index < -0.39 is 66.4 Å². The van der Waals surface area contributed by atoms with Crippen molar-refractivity contribution < 1.29 is 66.3 Å². The summed E-state index contributed by atoms with van der Waals surface area (Å²) in [4.78, 5) is 27.7. The predicted octanol–water partition coefficient (Wildman–Crippen LogP) is -0.0482. The summed E-state index contributed by atoms with van der Waals surface area (Å²) < 4.78 is 127. The van der Waals surface area contributed by atoms with Gasteiger partial charge in [0.25, 0.3) is 5.91 Å². The van der Waals surface area contributed by atoms with Gasteiger partial charge < -0.3 is 5.73 Å². The first-order valence-corrected chi connectivity index (χ1v) is 10.5. The Hall–Kier alpha value is -1.70. The van der Waals surface area contributed by atoms with Crippen molar-refractivity contribution in [3.05, 3.63) is 0 Å². The van der Waals surface area contributed by atoms with Gasteiger partial charge in [-0.3, -0.25) is 9.59 Å². The zero-order valence-electron chi connectivity index (χ0n) is 14.2. The van der Waals surface area contributed by atoms with E-state index in [1.54, 1.807) is 0 Å². The normalized spacial score (nSPS) is 29.7. The van der Waals surface area contributed by atoms with Crippen LogP contribution in [0, 0.1) is 17.8 Å². The maximum absolute atomic E-state index is 12.8. The molecule has 0 aromatic rings. The molecular weight excluding hydrogens is 482 g/mol. The van der Waals surface area contributed by atoms with Gasteiger partial charge >= 0.3 is 31.3 Å². The van der Waals surface area contributed by atoms with Crippen LogP contribution in [0.1, 0.15) is 19.3 Å². The number of carbonyl (C=O) groups excluding carboxylic acids is 2. The molecule has 0 aliphatic heterocycles. The minimum Gasteiger partial charge on any atom is -0.369 e. The smallest absolute Gasteiger partial charge is 0.369 e. The van der Waals surface area contributed by atoms with Gasteiger partial charge in [-0.2, -0.15) is 48.7 Å². The van der Waals surface area contributed by atoms with Crippen LogP contribution in [0.25, 0.3) is 0 Å². The van der Waals surface area contributed by atoms with Crippen molar-refractivity contribution in [1.29, 1.82) is 0 Å². The predicted molar refractivity (Wildman–Crippen MR) is 77.6 cm³/mol. The van der Waals surface area contributed by atoms with Crippen molar-refractivity contribution in [3.63, 3.8) is 0 Å². The zero-order valence-corrected chi connectivity index (χ0v) is 15.8. The van der Waals surface area contributed by atoms with Crippen LogP contribution in [-0.4, -0.2) is 45.3 Å². The first-order valence-electron chi connectivity index (χ1n) is 7.65. The molecular formula is C11H12F6N2O9S2. The van der Waals surface area contributed by atoms with E-state index in [9.17, 15) is 52.8 Å². The molecule has 11 nitrogen and oxygen atoms in total. The number of rotatable bonds is 7. The van der Waals surface area contributed by atoms with Gasteiger partial charge in [0.15, 0.2) is 5.60 Å². The fourth-order valence-corrected chi connectivity index (χ4v) is 4.66. The molecule has 3 N–H and O–H groups in total. The number of nitrogens with two attached hydrogens (primary N) is 1. The summed E-state index contributed by atoms with van der Waals surface area (Å²) in [5, 5.41) is 0. The summed E-state index contributed by atoms with van der Waals surface area (Å²) >= 11 is 0. The number of amides is 2. The average molecular weight is 494 g/mol. The van der Waals surface area contributed by atoms with Gasteiger partial charge in [0.1, 0.15) is 0 Å². The highest BCUT2D eigenvalue weighted by molar-refractivity contribution is 7.87. The highest BCUT2D eigenvalue weighted by Gasteiger charge is 2.69. The van der Waals surface area contributed by atoms with Crippen molar-refractivity contribution >= 4 is 32.1 Å². The van der Waals surface area contributed by atoms with Gasteiger partial charge in [0.2, 0.25) is 5.91 Å². The van der Waals surface area contributed by atoms with Crippen LogP contribution in [0.2, 0.25) is 0 Å². The number of hydrogen-bond donors (Lipinski definition) is 2. The average Bonchev–Trinajstić information content (AvgIpc) is 3.11. The van der Waals surface area contributed by atoms with Crippen molar-refractivity contribution in [2.24, 2.45) is 23.5 Å². The Morgan fingerprint density at radius 1 is 0.967 bits per heavy atom. The molecule has 19 heteroatoms. The molecule has 2 fully saturated rings. The van der Waals surface area contributed by atoms with E-state index in [1.165, 1.54) is 0 Å². The standard InChI is InChI=1S/C11H12F6N2O9S2/c12-10(13,14)29(22,23)26-9(5-2-1-4(3-5)6(9)7(18)20)8(21)19-27-28-30(24,25)11(15,16)17/h4-6H,1-3H2,(H2,18,20)(H,19,21). The molecule has 30 heavy (non-hydrogen) atoms. The van der Waals surface area contributed by atoms with Crippen LogP contribution in [-0.2, 0) is 43.3 Å². The highest BCUT2D eigenvalue weighted by atomic mass is 32.2. The maximum atomic E-state index is 12.8. The number of hydrogen-bond acceptors (Lipinski definition) is 9. The number of carbonyl (C=O) groups is 2. The van der Waals surface area contributed by atoms with E-state index in [1.807, 2.05) is 0 Å². The maximum Gasteiger partial charge on any atom is 0.525 e. The van der Waals surface area contributed by atoms with Crippen LogP contribution in [0.15, 0.2) is 0 Å². The summed E-state index contributed by atoms with van der Waals surface area (Å²) in [7, 11) is -12.9. The van der Waals surface area contributed by atoms with Crippen molar-refractivity contribution in [2.75, 3.05) is 0 Å². The molecule has 4 unspecified atom stereocenters. The van der Waals surface area contributed by atoms with Gasteiger partial charge in [0, 0.05) is 0 Å². The van der Waals surface area contributed by atoms with Gasteiger partial charge in [-0.25, -0.2) is 4.18 Å². The number of hydroxylamine groups is 1. The molecule has 0 spiro atoms. The Bertz CT molecular complexity index is 932. The molecule has 2 amide bonds. The fraction of sp³-hybridized carbons (Fsp3) is 0.818. The topological polar surface area (TPSA) is 168 Å². The minimum absolute atomic E-state index is 0.114. The fourth-order valence-electron chi connectivity index (χ4n) is 3.69. The minimum atomic E-state index is -6.51. The number of fused-ring (bicyclic) bond motifs is 2. The number of alkyl halides is 6. The quantitative estimate of drug-likeness (QED) is 0.162. The van der Waals surface area contributed by atoms with Crippen molar-refractivity contribution in [1.82, 2.24) is 5.48 Å². The SMILES string of the molecule is NC(=O)C1C2CCC(C2)C1(OS(=O)(=O)C(F)(F)F)C(=O)NOOS(=O)(=O)C(F)(F)F. The molecule has 0 aromatic heterocycles. The van der Waals surface area contributed by atoms with E-state index in [0.29, 0.717) is 0 Å². The van der Waals surface area contributed by atoms with Crippen molar-refractivity contribution in [3.8, 4) is 0 Å². The molecule has 2 aliphatic rings. The second-order valence-electron chi connectivity index (χ2n) is 6.41. The summed E-state index contributed by atoms with van der Waals surface area (Å²) in [6.45, 7) is 0. The third-order valence-electron chi connectivity index (χ3n) is 4.75. The highest BCUT2D eigenvalue weighted by Crippen LogP contribution is 2.57. The largest absolute Gasteiger partial charge is 0.525 e. The monoisotopic (exact) mass is 494 g/mol. The lowest BCUT2D eigenvalue weighted by molar-refractivity contribution is -0.264. The second kappa shape index (κ2) is 7.46. The first kappa shape index (κ1) is 24.6. The Kier molecular flexibility index (Phi) is 6.11. The molecule has 2 rings (SSSR count). The first-order chi connectivity index (χ1) is 13.4. The molecule has 4 atom stereocenters. The third-order valence-corrected chi connectivity index (χ3v) is 6.62. The van der Waals surface area contributed by atoms with Gasteiger partial charge in [-0.1, -0.05) is 9.32 Å². The third kappa shape index (κ3) is 4.07. The van der Waals surface area contributed by atoms with Crippen LogP contribution in [0.4, 0.5) is 26.3 Å². The Labute approximate surface area is 163 Å². The number of nitrogens with one attached hydrogen (secondary N) is 1. The van der Waals surface area contributed by atoms with Gasteiger partial charge in [-0.05, 0) is 31.1 Å². The van der Waals surface area contributed by atoms with E-state index in [-0.39, 0.29) is 19.3 Å². The lowest BCUT2D eigenvalue weighted by atomic mass is 9.74. The zero-order chi connectivity index (χ0) is 23.3. The molecule has 0 heterocycles. The summed E-state index contributed by atoms with van der Waals surface area (Å²) in [5.74, 6) is -7.63. The van der Waals surface area contributed by atoms with E-state index in [4.69, 9.17) is 5.73 Å². The Balaban J connectivity index is 2.38. The van der Waals surface area contributed by atoms with Gasteiger partial charge in [-0.15, -0.1) is 0 Å². The van der Waals surface area contributed by atoms with Gasteiger partial charge in [0.05, 0.1) is 5.92 Å². The molecule has 2 saturated carbocycles. The molecule has 0 saturated heterocycles. The van der Waals surface area contributed by atoms with E-state index in [0.717, 1.165) is 5.48 Å². The Morgan fingerprint density at radius 3 is 1.97 bits per heavy atom. The Morgan fingerprint density at radius 2 is 1.50 bits per heavy atom.